The molecule has 0 aromatic rings. The summed E-state index contributed by atoms with van der Waals surface area (Å²) in [5, 5.41) is 38.9. The van der Waals surface area contributed by atoms with E-state index in [-0.39, 0.29) is 6.42 Å². The largest absolute Gasteiger partial charge is 0.430 e. The molecule has 5 atom stereocenters. The van der Waals surface area contributed by atoms with E-state index in [4.69, 9.17) is 9.47 Å². The molecule has 0 aliphatic carbocycles. The molecule has 4 N–H and O–H groups in total. The lowest BCUT2D eigenvalue weighted by Crippen LogP contribution is -2.65. The average molecular weight is 376 g/mol. The van der Waals surface area contributed by atoms with E-state index in [1.165, 1.54) is 45.4 Å². The summed E-state index contributed by atoms with van der Waals surface area (Å²) >= 11 is 0. The summed E-state index contributed by atoms with van der Waals surface area (Å²) in [5.74, 6) is -2.32. The number of carbonyl (C=O) groups is 1. The first-order valence-electron chi connectivity index (χ1n) is 9.90. The second-order valence-electron chi connectivity index (χ2n) is 7.33. The van der Waals surface area contributed by atoms with Crippen LogP contribution in [0.25, 0.3) is 0 Å². The van der Waals surface area contributed by atoms with Crippen LogP contribution in [0.2, 0.25) is 0 Å². The van der Waals surface area contributed by atoms with Crippen molar-refractivity contribution >= 4 is 5.97 Å². The predicted molar refractivity (Wildman–Crippen MR) is 96.3 cm³/mol. The highest BCUT2D eigenvalue weighted by Crippen LogP contribution is 2.31. The lowest BCUT2D eigenvalue weighted by atomic mass is 9.93. The molecule has 0 bridgehead atoms. The average Bonchev–Trinajstić information content (AvgIpc) is 2.62. The number of unbranched alkanes of at least 4 members (excludes halogenated alkanes) is 8. The van der Waals surface area contributed by atoms with E-state index in [0.717, 1.165) is 12.8 Å². The van der Waals surface area contributed by atoms with Crippen LogP contribution in [0, 0.1) is 0 Å². The Balaban J connectivity index is 2.27. The van der Waals surface area contributed by atoms with Crippen molar-refractivity contribution in [2.75, 3.05) is 6.61 Å². The highest BCUT2D eigenvalue weighted by Gasteiger charge is 2.53. The van der Waals surface area contributed by atoms with E-state index < -0.39 is 42.8 Å². The summed E-state index contributed by atoms with van der Waals surface area (Å²) in [5.41, 5.74) is 0. The van der Waals surface area contributed by atoms with Crippen molar-refractivity contribution in [1.82, 2.24) is 0 Å². The maximum atomic E-state index is 12.0. The van der Waals surface area contributed by atoms with Gasteiger partial charge in [-0.15, -0.1) is 0 Å². The first-order chi connectivity index (χ1) is 12.4. The van der Waals surface area contributed by atoms with Crippen molar-refractivity contribution in [2.45, 2.75) is 108 Å². The third kappa shape index (κ3) is 7.12. The lowest BCUT2D eigenvalue weighted by molar-refractivity contribution is -0.344. The third-order valence-electron chi connectivity index (χ3n) is 4.96. The topological polar surface area (TPSA) is 116 Å². The Morgan fingerprint density at radius 3 is 2.04 bits per heavy atom. The summed E-state index contributed by atoms with van der Waals surface area (Å²) in [7, 11) is 0. The number of hydrogen-bond donors (Lipinski definition) is 4. The summed E-state index contributed by atoms with van der Waals surface area (Å²) in [6.07, 6.45) is 4.66. The zero-order chi connectivity index (χ0) is 19.6. The molecule has 1 aliphatic heterocycles. The fourth-order valence-corrected chi connectivity index (χ4v) is 3.24. The minimum atomic E-state index is -1.79. The molecule has 7 heteroatoms. The quantitative estimate of drug-likeness (QED) is 0.302. The van der Waals surface area contributed by atoms with Gasteiger partial charge in [-0.3, -0.25) is 4.79 Å². The molecule has 1 rings (SSSR count). The molecule has 0 saturated carbocycles. The van der Waals surface area contributed by atoms with Crippen LogP contribution in [0.15, 0.2) is 0 Å². The van der Waals surface area contributed by atoms with Crippen molar-refractivity contribution in [3.8, 4) is 0 Å². The van der Waals surface area contributed by atoms with Gasteiger partial charge in [0.15, 0.2) is 0 Å². The molecule has 0 spiro atoms. The van der Waals surface area contributed by atoms with Gasteiger partial charge >= 0.3 is 5.97 Å². The van der Waals surface area contributed by atoms with E-state index in [1.807, 2.05) is 0 Å². The van der Waals surface area contributed by atoms with Gasteiger partial charge in [-0.25, -0.2) is 0 Å². The van der Waals surface area contributed by atoms with E-state index in [2.05, 4.69) is 6.92 Å². The van der Waals surface area contributed by atoms with Gasteiger partial charge in [-0.1, -0.05) is 58.3 Å². The zero-order valence-electron chi connectivity index (χ0n) is 16.1. The number of aliphatic hydroxyl groups is 4. The molecule has 0 radical (unpaired) electrons. The Morgan fingerprint density at radius 1 is 0.962 bits per heavy atom. The van der Waals surface area contributed by atoms with Gasteiger partial charge in [-0.2, -0.15) is 0 Å². The van der Waals surface area contributed by atoms with Gasteiger partial charge in [-0.05, 0) is 6.42 Å². The molecule has 1 fully saturated rings. The molecule has 0 amide bonds. The molecule has 1 aliphatic rings. The van der Waals surface area contributed by atoms with Gasteiger partial charge in [0.1, 0.15) is 24.4 Å². The summed E-state index contributed by atoms with van der Waals surface area (Å²) in [4.78, 5) is 12.0. The molecule has 0 aromatic carbocycles. The number of carbonyl (C=O) groups excluding carboxylic acids is 1. The standard InChI is InChI=1S/C19H36O7/c1-3-4-5-6-7-8-9-10-11-12-15(21)26-19(2)18(24)17(23)16(22)14(13-20)25-19/h14,16-18,20,22-24H,3-13H2,1-2H3/t14-,16-,17+,18-,19?/m1/s1. The Morgan fingerprint density at radius 2 is 1.50 bits per heavy atom. The van der Waals surface area contributed by atoms with Crippen LogP contribution in [-0.2, 0) is 14.3 Å². The van der Waals surface area contributed by atoms with Crippen LogP contribution in [0.1, 0.15) is 78.1 Å². The Kier molecular flexibility index (Phi) is 10.6. The lowest BCUT2D eigenvalue weighted by Gasteiger charge is -2.45. The second-order valence-corrected chi connectivity index (χ2v) is 7.33. The van der Waals surface area contributed by atoms with Gasteiger partial charge in [0.25, 0.3) is 0 Å². The number of rotatable bonds is 12. The fraction of sp³-hybridized carbons (Fsp3) is 0.947. The number of esters is 1. The van der Waals surface area contributed by atoms with Crippen LogP contribution in [0.3, 0.4) is 0 Å². The van der Waals surface area contributed by atoms with Crippen molar-refractivity contribution in [3.63, 3.8) is 0 Å². The molecule has 26 heavy (non-hydrogen) atoms. The third-order valence-corrected chi connectivity index (χ3v) is 4.96. The minimum Gasteiger partial charge on any atom is -0.430 e. The maximum absolute atomic E-state index is 12.0. The number of ether oxygens (including phenoxy) is 2. The summed E-state index contributed by atoms with van der Waals surface area (Å²) in [6.45, 7) is 2.96. The molecule has 7 nitrogen and oxygen atoms in total. The molecule has 1 heterocycles. The molecule has 1 saturated heterocycles. The van der Waals surface area contributed by atoms with E-state index in [9.17, 15) is 25.2 Å². The van der Waals surface area contributed by atoms with Crippen molar-refractivity contribution < 1.29 is 34.7 Å². The van der Waals surface area contributed by atoms with Gasteiger partial charge in [0.2, 0.25) is 5.79 Å². The first-order valence-corrected chi connectivity index (χ1v) is 9.90. The van der Waals surface area contributed by atoms with Crippen LogP contribution in [0.4, 0.5) is 0 Å². The van der Waals surface area contributed by atoms with Crippen LogP contribution >= 0.6 is 0 Å². The van der Waals surface area contributed by atoms with E-state index in [0.29, 0.717) is 6.42 Å². The molecule has 154 valence electrons. The zero-order valence-corrected chi connectivity index (χ0v) is 16.1. The Labute approximate surface area is 156 Å². The maximum Gasteiger partial charge on any atom is 0.308 e. The predicted octanol–water partition coefficient (Wildman–Crippen LogP) is 1.64. The van der Waals surface area contributed by atoms with Crippen LogP contribution in [0.5, 0.6) is 0 Å². The highest BCUT2D eigenvalue weighted by atomic mass is 16.7. The fourth-order valence-electron chi connectivity index (χ4n) is 3.24. The van der Waals surface area contributed by atoms with E-state index >= 15 is 0 Å². The van der Waals surface area contributed by atoms with Crippen molar-refractivity contribution in [3.05, 3.63) is 0 Å². The first kappa shape index (κ1) is 23.3. The molecular formula is C19H36O7. The van der Waals surface area contributed by atoms with Crippen LogP contribution in [-0.4, -0.2) is 63.2 Å². The Bertz CT molecular complexity index is 401. The minimum absolute atomic E-state index is 0.198. The summed E-state index contributed by atoms with van der Waals surface area (Å²) < 4.78 is 10.5. The van der Waals surface area contributed by atoms with Crippen LogP contribution < -0.4 is 0 Å². The van der Waals surface area contributed by atoms with E-state index in [1.54, 1.807) is 0 Å². The monoisotopic (exact) mass is 376 g/mol. The van der Waals surface area contributed by atoms with Gasteiger partial charge in [0, 0.05) is 13.3 Å². The number of hydrogen-bond acceptors (Lipinski definition) is 7. The molecule has 1 unspecified atom stereocenters. The molecular weight excluding hydrogens is 340 g/mol. The SMILES string of the molecule is CCCCCCCCCCCC(=O)OC1(C)O[C@H](CO)[C@@H](O)[C@H](O)[C@H]1O. The van der Waals surface area contributed by atoms with Crippen molar-refractivity contribution in [1.29, 1.82) is 0 Å². The number of aliphatic hydroxyl groups excluding tert-OH is 4. The highest BCUT2D eigenvalue weighted by molar-refractivity contribution is 5.69. The van der Waals surface area contributed by atoms with Crippen molar-refractivity contribution in [2.24, 2.45) is 0 Å². The second kappa shape index (κ2) is 11.9. The normalized spacial score (nSPS) is 31.8. The Hall–Kier alpha value is -0.730. The smallest absolute Gasteiger partial charge is 0.308 e. The molecule has 0 aromatic heterocycles. The summed E-state index contributed by atoms with van der Waals surface area (Å²) in [6, 6.07) is 0. The van der Waals surface area contributed by atoms with Gasteiger partial charge < -0.3 is 29.9 Å². The van der Waals surface area contributed by atoms with Gasteiger partial charge in [0.05, 0.1) is 6.61 Å².